The van der Waals surface area contributed by atoms with Crippen LogP contribution in [0.4, 0.5) is 0 Å². The highest BCUT2D eigenvalue weighted by Crippen LogP contribution is 2.28. The highest BCUT2D eigenvalue weighted by atomic mass is 35.5. The maximum Gasteiger partial charge on any atom is 0.123 e. The molecule has 0 amide bonds. The van der Waals surface area contributed by atoms with Crippen LogP contribution < -0.4 is 10.5 Å². The second-order valence-electron chi connectivity index (χ2n) is 5.51. The topological polar surface area (TPSA) is 38.5 Å². The third kappa shape index (κ3) is 4.11. The molecule has 3 nitrogen and oxygen atoms in total. The number of halogens is 1. The minimum atomic E-state index is 0.649. The fraction of sp³-hybridized carbons (Fsp3) is 0.625. The number of rotatable bonds is 6. The summed E-state index contributed by atoms with van der Waals surface area (Å²) >= 11 is 6.12. The van der Waals surface area contributed by atoms with Crippen molar-refractivity contribution in [1.82, 2.24) is 4.90 Å². The van der Waals surface area contributed by atoms with E-state index in [1.165, 1.54) is 32.1 Å². The molecule has 0 saturated heterocycles. The fourth-order valence-electron chi connectivity index (χ4n) is 3.09. The minimum absolute atomic E-state index is 0.649. The van der Waals surface area contributed by atoms with Crippen molar-refractivity contribution in [3.63, 3.8) is 0 Å². The van der Waals surface area contributed by atoms with Crippen molar-refractivity contribution in [1.29, 1.82) is 0 Å². The first kappa shape index (κ1) is 15.6. The maximum atomic E-state index is 6.12. The molecule has 1 aromatic rings. The zero-order valence-electron chi connectivity index (χ0n) is 12.3. The molecule has 0 radical (unpaired) electrons. The lowest BCUT2D eigenvalue weighted by atomic mass is 9.93. The number of methoxy groups -OCH3 is 1. The number of nitrogens with zero attached hydrogens (tertiary/aromatic N) is 1. The molecule has 20 heavy (non-hydrogen) atoms. The number of hydrogen-bond acceptors (Lipinski definition) is 3. The SMILES string of the molecule is COc1ccc(Cl)cc1CN(CCN)C1CCCCC1. The van der Waals surface area contributed by atoms with Gasteiger partial charge in [-0.1, -0.05) is 30.9 Å². The smallest absolute Gasteiger partial charge is 0.123 e. The molecule has 0 bridgehead atoms. The summed E-state index contributed by atoms with van der Waals surface area (Å²) in [6.07, 6.45) is 6.59. The van der Waals surface area contributed by atoms with Crippen LogP contribution in [-0.4, -0.2) is 31.1 Å². The highest BCUT2D eigenvalue weighted by molar-refractivity contribution is 6.30. The van der Waals surface area contributed by atoms with Gasteiger partial charge in [-0.3, -0.25) is 4.90 Å². The summed E-state index contributed by atoms with van der Waals surface area (Å²) in [5.74, 6) is 0.909. The Kier molecular flexibility index (Phi) is 6.14. The van der Waals surface area contributed by atoms with Gasteiger partial charge >= 0.3 is 0 Å². The first-order valence-electron chi connectivity index (χ1n) is 7.51. The zero-order chi connectivity index (χ0) is 14.4. The molecule has 1 aromatic carbocycles. The average Bonchev–Trinajstić information content (AvgIpc) is 2.48. The molecule has 0 aliphatic heterocycles. The maximum absolute atomic E-state index is 6.12. The molecule has 0 atom stereocenters. The molecule has 112 valence electrons. The Morgan fingerprint density at radius 2 is 2.05 bits per heavy atom. The Hall–Kier alpha value is -0.770. The van der Waals surface area contributed by atoms with Crippen molar-refractivity contribution in [2.75, 3.05) is 20.2 Å². The van der Waals surface area contributed by atoms with Crippen molar-refractivity contribution in [2.24, 2.45) is 5.73 Å². The van der Waals surface area contributed by atoms with Gasteiger partial charge in [-0.05, 0) is 31.0 Å². The van der Waals surface area contributed by atoms with Gasteiger partial charge in [-0.15, -0.1) is 0 Å². The van der Waals surface area contributed by atoms with Crippen LogP contribution in [0.2, 0.25) is 5.02 Å². The second kappa shape index (κ2) is 7.87. The highest BCUT2D eigenvalue weighted by Gasteiger charge is 2.21. The summed E-state index contributed by atoms with van der Waals surface area (Å²) in [4.78, 5) is 2.49. The molecule has 1 fully saturated rings. The van der Waals surface area contributed by atoms with Crippen LogP contribution in [0.15, 0.2) is 18.2 Å². The predicted molar refractivity (Wildman–Crippen MR) is 84.3 cm³/mol. The second-order valence-corrected chi connectivity index (χ2v) is 5.94. The number of ether oxygens (including phenoxy) is 1. The van der Waals surface area contributed by atoms with E-state index in [1.807, 2.05) is 18.2 Å². The third-order valence-corrected chi connectivity index (χ3v) is 4.36. The molecular weight excluding hydrogens is 272 g/mol. The molecule has 2 N–H and O–H groups in total. The summed E-state index contributed by atoms with van der Waals surface area (Å²) in [5.41, 5.74) is 6.94. The number of nitrogens with two attached hydrogens (primary N) is 1. The van der Waals surface area contributed by atoms with Crippen LogP contribution in [0.25, 0.3) is 0 Å². The quantitative estimate of drug-likeness (QED) is 0.874. The summed E-state index contributed by atoms with van der Waals surface area (Å²) in [7, 11) is 1.71. The Balaban J connectivity index is 2.12. The van der Waals surface area contributed by atoms with E-state index in [0.717, 1.165) is 29.4 Å². The molecule has 0 spiro atoms. The van der Waals surface area contributed by atoms with E-state index in [4.69, 9.17) is 22.1 Å². The van der Waals surface area contributed by atoms with E-state index in [-0.39, 0.29) is 0 Å². The van der Waals surface area contributed by atoms with Crippen molar-refractivity contribution >= 4 is 11.6 Å². The molecule has 2 rings (SSSR count). The monoisotopic (exact) mass is 296 g/mol. The first-order chi connectivity index (χ1) is 9.74. The van der Waals surface area contributed by atoms with Crippen LogP contribution in [0.3, 0.4) is 0 Å². The normalized spacial score (nSPS) is 16.6. The van der Waals surface area contributed by atoms with Crippen LogP contribution in [0, 0.1) is 0 Å². The molecule has 0 heterocycles. The third-order valence-electron chi connectivity index (χ3n) is 4.12. The van der Waals surface area contributed by atoms with Crippen LogP contribution in [0.5, 0.6) is 5.75 Å². The molecule has 1 aliphatic carbocycles. The lowest BCUT2D eigenvalue weighted by molar-refractivity contribution is 0.151. The summed E-state index contributed by atoms with van der Waals surface area (Å²) < 4.78 is 5.45. The van der Waals surface area contributed by atoms with E-state index in [2.05, 4.69) is 4.90 Å². The van der Waals surface area contributed by atoms with E-state index < -0.39 is 0 Å². The molecule has 1 saturated carbocycles. The van der Waals surface area contributed by atoms with Crippen molar-refractivity contribution in [2.45, 2.75) is 44.7 Å². The van der Waals surface area contributed by atoms with Crippen molar-refractivity contribution < 1.29 is 4.74 Å². The zero-order valence-corrected chi connectivity index (χ0v) is 13.0. The Morgan fingerprint density at radius 1 is 1.30 bits per heavy atom. The molecule has 4 heteroatoms. The molecule has 0 unspecified atom stereocenters. The largest absolute Gasteiger partial charge is 0.496 e. The van der Waals surface area contributed by atoms with Gasteiger partial charge in [0.1, 0.15) is 5.75 Å². The van der Waals surface area contributed by atoms with E-state index >= 15 is 0 Å². The van der Waals surface area contributed by atoms with Gasteiger partial charge < -0.3 is 10.5 Å². The lowest BCUT2D eigenvalue weighted by Gasteiger charge is -2.34. The van der Waals surface area contributed by atoms with Crippen LogP contribution in [0.1, 0.15) is 37.7 Å². The van der Waals surface area contributed by atoms with Gasteiger partial charge in [0.15, 0.2) is 0 Å². The number of benzene rings is 1. The van der Waals surface area contributed by atoms with Gasteiger partial charge in [0.2, 0.25) is 0 Å². The Morgan fingerprint density at radius 3 is 2.70 bits per heavy atom. The molecule has 1 aliphatic rings. The van der Waals surface area contributed by atoms with Crippen molar-refractivity contribution in [3.8, 4) is 5.75 Å². The molecule has 0 aromatic heterocycles. The Labute approximate surface area is 127 Å². The minimum Gasteiger partial charge on any atom is -0.496 e. The van der Waals surface area contributed by atoms with Crippen LogP contribution >= 0.6 is 11.6 Å². The van der Waals surface area contributed by atoms with E-state index in [1.54, 1.807) is 7.11 Å². The summed E-state index contributed by atoms with van der Waals surface area (Å²) in [5, 5.41) is 0.761. The first-order valence-corrected chi connectivity index (χ1v) is 7.89. The average molecular weight is 297 g/mol. The lowest BCUT2D eigenvalue weighted by Crippen LogP contribution is -2.39. The van der Waals surface area contributed by atoms with E-state index in [0.29, 0.717) is 12.6 Å². The molecular formula is C16H25ClN2O. The van der Waals surface area contributed by atoms with E-state index in [9.17, 15) is 0 Å². The summed E-state index contributed by atoms with van der Waals surface area (Å²) in [6, 6.07) is 6.47. The number of hydrogen-bond donors (Lipinski definition) is 1. The Bertz CT molecular complexity index is 419. The van der Waals surface area contributed by atoms with Gasteiger partial charge in [0.05, 0.1) is 7.11 Å². The van der Waals surface area contributed by atoms with Gasteiger partial charge in [0.25, 0.3) is 0 Å². The van der Waals surface area contributed by atoms with Gasteiger partial charge in [0, 0.05) is 36.3 Å². The standard InChI is InChI=1S/C16H25ClN2O/c1-20-16-8-7-14(17)11-13(16)12-19(10-9-18)15-5-3-2-4-6-15/h7-8,11,15H,2-6,9-10,12,18H2,1H3. The predicted octanol–water partition coefficient (Wildman–Crippen LogP) is 3.44. The van der Waals surface area contributed by atoms with Crippen LogP contribution in [-0.2, 0) is 6.54 Å². The fourth-order valence-corrected chi connectivity index (χ4v) is 3.29. The van der Waals surface area contributed by atoms with Crippen molar-refractivity contribution in [3.05, 3.63) is 28.8 Å². The summed E-state index contributed by atoms with van der Waals surface area (Å²) in [6.45, 7) is 2.49. The van der Waals surface area contributed by atoms with Gasteiger partial charge in [-0.2, -0.15) is 0 Å². The van der Waals surface area contributed by atoms with Gasteiger partial charge in [-0.25, -0.2) is 0 Å².